The number of nitro benzene ring substituents is 1. The van der Waals surface area contributed by atoms with Crippen LogP contribution in [-0.4, -0.2) is 16.7 Å². The molecule has 0 unspecified atom stereocenters. The molecular weight excluding hydrogens is 392 g/mol. The third-order valence-corrected chi connectivity index (χ3v) is 5.65. The van der Waals surface area contributed by atoms with Crippen molar-refractivity contribution in [2.75, 3.05) is 10.6 Å². The number of nitrogens with one attached hydrogen (secondary N) is 3. The minimum atomic E-state index is -0.604. The number of benzene rings is 2. The molecular formula is C20H16N4O4S. The number of nitrogens with zero attached hydrogens (tertiary/aromatic N) is 1. The first-order valence-electron chi connectivity index (χ1n) is 8.75. The first kappa shape index (κ1) is 18.6. The van der Waals surface area contributed by atoms with Crippen LogP contribution in [0.15, 0.2) is 54.6 Å². The van der Waals surface area contributed by atoms with Crippen LogP contribution in [-0.2, 0) is 0 Å². The highest BCUT2D eigenvalue weighted by atomic mass is 32.1. The number of amides is 2. The Labute approximate surface area is 169 Å². The van der Waals surface area contributed by atoms with Gasteiger partial charge in [0.15, 0.2) is 0 Å². The molecule has 2 aromatic carbocycles. The molecule has 0 saturated carbocycles. The van der Waals surface area contributed by atoms with Crippen LogP contribution in [0.1, 0.15) is 36.6 Å². The Morgan fingerprint density at radius 2 is 1.79 bits per heavy atom. The van der Waals surface area contributed by atoms with E-state index in [1.807, 2.05) is 18.2 Å². The van der Waals surface area contributed by atoms with Gasteiger partial charge < -0.3 is 16.0 Å². The first-order valence-corrected chi connectivity index (χ1v) is 9.57. The third kappa shape index (κ3) is 3.55. The van der Waals surface area contributed by atoms with E-state index in [1.165, 1.54) is 23.5 Å². The van der Waals surface area contributed by atoms with Gasteiger partial charge in [0.2, 0.25) is 0 Å². The maximum Gasteiger partial charge on any atom is 0.269 e. The van der Waals surface area contributed by atoms with E-state index in [4.69, 9.17) is 0 Å². The van der Waals surface area contributed by atoms with Crippen molar-refractivity contribution in [3.05, 3.63) is 85.6 Å². The summed E-state index contributed by atoms with van der Waals surface area (Å²) in [7, 11) is 0. The second kappa shape index (κ2) is 7.36. The molecule has 0 aliphatic carbocycles. The Morgan fingerprint density at radius 3 is 2.45 bits per heavy atom. The molecule has 4 rings (SSSR count). The summed E-state index contributed by atoms with van der Waals surface area (Å²) in [5.41, 5.74) is 2.17. The SMILES string of the molecule is Cc1sc(C(=O)Nc2ccccc2)c2c1C(=O)N[C@H](c1ccc([N+](=O)[O-])cc1)N2. The number of carbonyl (C=O) groups is 2. The second-order valence-corrected chi connectivity index (χ2v) is 7.68. The van der Waals surface area contributed by atoms with Gasteiger partial charge in [-0.2, -0.15) is 0 Å². The van der Waals surface area contributed by atoms with Gasteiger partial charge in [0.25, 0.3) is 17.5 Å². The third-order valence-electron chi connectivity index (χ3n) is 4.55. The number of hydrogen-bond acceptors (Lipinski definition) is 6. The van der Waals surface area contributed by atoms with Gasteiger partial charge in [-0.05, 0) is 36.8 Å². The fraction of sp³-hybridized carbons (Fsp3) is 0.100. The maximum atomic E-state index is 12.8. The number of nitro groups is 1. The number of non-ortho nitro benzene ring substituents is 1. The topological polar surface area (TPSA) is 113 Å². The zero-order valence-corrected chi connectivity index (χ0v) is 16.1. The number of para-hydroxylation sites is 1. The summed E-state index contributed by atoms with van der Waals surface area (Å²) in [5.74, 6) is -0.607. The molecule has 2 heterocycles. The van der Waals surface area contributed by atoms with Crippen LogP contribution in [0.5, 0.6) is 0 Å². The molecule has 8 nitrogen and oxygen atoms in total. The second-order valence-electron chi connectivity index (χ2n) is 6.46. The van der Waals surface area contributed by atoms with Crippen molar-refractivity contribution in [2.45, 2.75) is 13.1 Å². The first-order chi connectivity index (χ1) is 13.9. The van der Waals surface area contributed by atoms with Crippen LogP contribution in [0.2, 0.25) is 0 Å². The lowest BCUT2D eigenvalue weighted by atomic mass is 10.1. The van der Waals surface area contributed by atoms with Gasteiger partial charge in [-0.15, -0.1) is 11.3 Å². The molecule has 1 aliphatic heterocycles. The standard InChI is InChI=1S/C20H16N4O4S/c1-11-15-16(17(29-11)20(26)21-13-5-3-2-4-6-13)22-18(23-19(15)25)12-7-9-14(10-8-12)24(27)28/h2-10,18,22H,1H3,(H,21,26)(H,23,25)/t18-/m1/s1. The van der Waals surface area contributed by atoms with Gasteiger partial charge in [0.1, 0.15) is 11.0 Å². The molecule has 9 heteroatoms. The number of hydrogen-bond donors (Lipinski definition) is 3. The van der Waals surface area contributed by atoms with E-state index < -0.39 is 11.1 Å². The van der Waals surface area contributed by atoms with Crippen LogP contribution in [0.25, 0.3) is 0 Å². The molecule has 3 aromatic rings. The summed E-state index contributed by atoms with van der Waals surface area (Å²) in [6.07, 6.45) is -0.604. The predicted molar refractivity (Wildman–Crippen MR) is 110 cm³/mol. The highest BCUT2D eigenvalue weighted by molar-refractivity contribution is 7.15. The molecule has 0 radical (unpaired) electrons. The molecule has 1 atom stereocenters. The summed E-state index contributed by atoms with van der Waals surface area (Å²) >= 11 is 1.24. The van der Waals surface area contributed by atoms with E-state index in [9.17, 15) is 19.7 Å². The Morgan fingerprint density at radius 1 is 1.10 bits per heavy atom. The van der Waals surface area contributed by atoms with Gasteiger partial charge in [0.05, 0.1) is 16.2 Å². The number of anilines is 2. The van der Waals surface area contributed by atoms with E-state index in [0.29, 0.717) is 27.4 Å². The van der Waals surface area contributed by atoms with Gasteiger partial charge >= 0.3 is 0 Å². The Balaban J connectivity index is 1.64. The number of fused-ring (bicyclic) bond motifs is 1. The molecule has 0 bridgehead atoms. The van der Waals surface area contributed by atoms with Crippen molar-refractivity contribution in [2.24, 2.45) is 0 Å². The van der Waals surface area contributed by atoms with Gasteiger partial charge in [-0.1, -0.05) is 18.2 Å². The van der Waals surface area contributed by atoms with Crippen LogP contribution >= 0.6 is 11.3 Å². The predicted octanol–water partition coefficient (Wildman–Crippen LogP) is 4.07. The molecule has 2 amide bonds. The summed E-state index contributed by atoms with van der Waals surface area (Å²) in [6.45, 7) is 1.79. The molecule has 0 fully saturated rings. The van der Waals surface area contributed by atoms with Crippen LogP contribution in [0, 0.1) is 17.0 Å². The summed E-state index contributed by atoms with van der Waals surface area (Å²) in [6, 6.07) is 15.0. The van der Waals surface area contributed by atoms with Crippen LogP contribution in [0.4, 0.5) is 17.1 Å². The zero-order chi connectivity index (χ0) is 20.5. The minimum absolute atomic E-state index is 0.0362. The highest BCUT2D eigenvalue weighted by Gasteiger charge is 2.32. The number of aryl methyl sites for hydroxylation is 1. The monoisotopic (exact) mass is 408 g/mol. The quantitative estimate of drug-likeness (QED) is 0.445. The largest absolute Gasteiger partial charge is 0.360 e. The molecule has 146 valence electrons. The Hall–Kier alpha value is -3.72. The zero-order valence-electron chi connectivity index (χ0n) is 15.3. The van der Waals surface area contributed by atoms with Crippen molar-refractivity contribution < 1.29 is 14.5 Å². The Bertz CT molecular complexity index is 1110. The van der Waals surface area contributed by atoms with Crippen molar-refractivity contribution in [1.82, 2.24) is 5.32 Å². The fourth-order valence-electron chi connectivity index (χ4n) is 3.16. The van der Waals surface area contributed by atoms with E-state index >= 15 is 0 Å². The lowest BCUT2D eigenvalue weighted by molar-refractivity contribution is -0.384. The molecule has 3 N–H and O–H groups in total. The van der Waals surface area contributed by atoms with Crippen molar-refractivity contribution in [3.8, 4) is 0 Å². The number of rotatable bonds is 4. The number of carbonyl (C=O) groups excluding carboxylic acids is 2. The summed E-state index contributed by atoms with van der Waals surface area (Å²) < 4.78 is 0. The molecule has 0 saturated heterocycles. The average molecular weight is 408 g/mol. The summed E-state index contributed by atoms with van der Waals surface area (Å²) in [5, 5.41) is 19.7. The average Bonchev–Trinajstić information content (AvgIpc) is 3.06. The van der Waals surface area contributed by atoms with Crippen molar-refractivity contribution in [3.63, 3.8) is 0 Å². The van der Waals surface area contributed by atoms with E-state index in [2.05, 4.69) is 16.0 Å². The van der Waals surface area contributed by atoms with Gasteiger partial charge in [0, 0.05) is 22.7 Å². The summed E-state index contributed by atoms with van der Waals surface area (Å²) in [4.78, 5) is 37.0. The van der Waals surface area contributed by atoms with E-state index in [1.54, 1.807) is 31.2 Å². The minimum Gasteiger partial charge on any atom is -0.360 e. The normalized spacial score (nSPS) is 15.1. The van der Waals surface area contributed by atoms with E-state index in [-0.39, 0.29) is 17.5 Å². The maximum absolute atomic E-state index is 12.8. The van der Waals surface area contributed by atoms with Crippen molar-refractivity contribution in [1.29, 1.82) is 0 Å². The Kier molecular flexibility index (Phi) is 4.73. The molecule has 0 spiro atoms. The smallest absolute Gasteiger partial charge is 0.269 e. The molecule has 1 aromatic heterocycles. The molecule has 1 aliphatic rings. The van der Waals surface area contributed by atoms with E-state index in [0.717, 1.165) is 4.88 Å². The van der Waals surface area contributed by atoms with Crippen LogP contribution < -0.4 is 16.0 Å². The number of thiophene rings is 1. The highest BCUT2D eigenvalue weighted by Crippen LogP contribution is 2.38. The van der Waals surface area contributed by atoms with Crippen LogP contribution in [0.3, 0.4) is 0 Å². The van der Waals surface area contributed by atoms with Gasteiger partial charge in [-0.3, -0.25) is 19.7 Å². The fourth-order valence-corrected chi connectivity index (χ4v) is 4.17. The lowest BCUT2D eigenvalue weighted by Gasteiger charge is -2.27. The lowest BCUT2D eigenvalue weighted by Crippen LogP contribution is -2.38. The van der Waals surface area contributed by atoms with Crippen molar-refractivity contribution >= 4 is 40.2 Å². The van der Waals surface area contributed by atoms with Gasteiger partial charge in [-0.25, -0.2) is 0 Å². The molecule has 29 heavy (non-hydrogen) atoms.